The smallest absolute Gasteiger partial charge is 0.216 e. The van der Waals surface area contributed by atoms with Crippen molar-refractivity contribution >= 4 is 27.6 Å². The molecule has 0 aliphatic heterocycles. The lowest BCUT2D eigenvalue weighted by Gasteiger charge is -2.05. The highest BCUT2D eigenvalue weighted by atomic mass is 19.1. The zero-order valence-corrected chi connectivity index (χ0v) is 13.3. The van der Waals surface area contributed by atoms with Crippen molar-refractivity contribution in [3.05, 3.63) is 71.5 Å². The molecule has 4 rings (SSSR count). The van der Waals surface area contributed by atoms with Gasteiger partial charge in [0, 0.05) is 16.8 Å². The van der Waals surface area contributed by atoms with Crippen LogP contribution in [0.1, 0.15) is 5.56 Å². The summed E-state index contributed by atoms with van der Waals surface area (Å²) in [6.07, 6.45) is 1.45. The topological polar surface area (TPSA) is 21.4 Å². The summed E-state index contributed by atoms with van der Waals surface area (Å²) >= 11 is 0. The summed E-state index contributed by atoms with van der Waals surface area (Å²) in [5.41, 5.74) is 4.96. The second-order valence-electron chi connectivity index (χ2n) is 5.87. The van der Waals surface area contributed by atoms with Gasteiger partial charge in [-0.25, -0.2) is 9.24 Å². The molecule has 3 nitrogen and oxygen atoms in total. The van der Waals surface area contributed by atoms with Gasteiger partial charge in [0.2, 0.25) is 11.9 Å². The minimum atomic E-state index is -0.280. The summed E-state index contributed by atoms with van der Waals surface area (Å²) in [5.74, 6) is -0.280. The van der Waals surface area contributed by atoms with Gasteiger partial charge in [0.15, 0.2) is 11.5 Å². The molecule has 0 aliphatic carbocycles. The first-order valence-electron chi connectivity index (χ1n) is 7.57. The third kappa shape index (κ3) is 2.06. The van der Waals surface area contributed by atoms with Crippen LogP contribution in [0.5, 0.6) is 0 Å². The second kappa shape index (κ2) is 5.17. The zero-order valence-electron chi connectivity index (χ0n) is 13.3. The Balaban J connectivity index is 2.12. The van der Waals surface area contributed by atoms with Crippen LogP contribution in [-0.4, -0.2) is 0 Å². The van der Waals surface area contributed by atoms with Crippen LogP contribution < -0.4 is 4.57 Å². The number of fused-ring (bicyclic) bond motifs is 3. The lowest BCUT2D eigenvalue weighted by molar-refractivity contribution is -0.661. The summed E-state index contributed by atoms with van der Waals surface area (Å²) in [4.78, 5) is 3.49. The van der Waals surface area contributed by atoms with E-state index in [1.807, 2.05) is 38.2 Å². The Morgan fingerprint density at radius 3 is 2.67 bits per heavy atom. The van der Waals surface area contributed by atoms with Crippen LogP contribution in [0.3, 0.4) is 0 Å². The van der Waals surface area contributed by atoms with Gasteiger partial charge < -0.3 is 4.42 Å². The molecule has 0 atom stereocenters. The molecule has 0 fully saturated rings. The number of halogens is 1. The summed E-state index contributed by atoms with van der Waals surface area (Å²) in [6, 6.07) is 12.7. The van der Waals surface area contributed by atoms with Gasteiger partial charge in [-0.1, -0.05) is 18.2 Å². The largest absolute Gasteiger partial charge is 0.455 e. The number of aromatic nitrogens is 1. The van der Waals surface area contributed by atoms with Gasteiger partial charge in [-0.05, 0) is 30.7 Å². The quantitative estimate of drug-likeness (QED) is 0.354. The minimum absolute atomic E-state index is 0.280. The molecule has 0 saturated heterocycles. The highest BCUT2D eigenvalue weighted by Crippen LogP contribution is 2.38. The van der Waals surface area contributed by atoms with Gasteiger partial charge >= 0.3 is 0 Å². The van der Waals surface area contributed by atoms with Crippen LogP contribution in [0, 0.1) is 19.3 Å². The predicted molar refractivity (Wildman–Crippen MR) is 91.3 cm³/mol. The molecule has 0 amide bonds. The first-order valence-corrected chi connectivity index (χ1v) is 7.57. The Morgan fingerprint density at radius 2 is 1.92 bits per heavy atom. The molecular formula is C20H14FN2O+. The van der Waals surface area contributed by atoms with Crippen molar-refractivity contribution in [1.82, 2.24) is 0 Å². The number of aryl methyl sites for hydroxylation is 2. The maximum atomic E-state index is 13.5. The molecule has 0 radical (unpaired) electrons. The first-order chi connectivity index (χ1) is 11.6. The van der Waals surface area contributed by atoms with E-state index in [-0.39, 0.29) is 5.82 Å². The van der Waals surface area contributed by atoms with E-state index in [2.05, 4.69) is 4.85 Å². The average molecular weight is 317 g/mol. The molecule has 2 aromatic heterocycles. The molecule has 4 heteroatoms. The van der Waals surface area contributed by atoms with Gasteiger partial charge in [-0.15, -0.1) is 0 Å². The molecular weight excluding hydrogens is 303 g/mol. The van der Waals surface area contributed by atoms with Crippen molar-refractivity contribution in [2.45, 2.75) is 6.92 Å². The predicted octanol–water partition coefficient (Wildman–Crippen LogP) is 5.08. The first kappa shape index (κ1) is 14.4. The number of rotatable bonds is 1. The van der Waals surface area contributed by atoms with Crippen molar-refractivity contribution in [2.75, 3.05) is 0 Å². The van der Waals surface area contributed by atoms with E-state index in [4.69, 9.17) is 11.0 Å². The summed E-state index contributed by atoms with van der Waals surface area (Å²) in [7, 11) is 1.82. The fourth-order valence-electron chi connectivity index (χ4n) is 3.15. The van der Waals surface area contributed by atoms with Crippen LogP contribution in [0.2, 0.25) is 0 Å². The van der Waals surface area contributed by atoms with Crippen LogP contribution in [-0.2, 0) is 7.05 Å². The van der Waals surface area contributed by atoms with E-state index in [0.717, 1.165) is 38.8 Å². The van der Waals surface area contributed by atoms with Gasteiger partial charge in [0.05, 0.1) is 12.1 Å². The lowest BCUT2D eigenvalue weighted by Crippen LogP contribution is -2.31. The Kier molecular flexibility index (Phi) is 3.10. The van der Waals surface area contributed by atoms with Crippen molar-refractivity contribution < 1.29 is 13.4 Å². The molecule has 116 valence electrons. The van der Waals surface area contributed by atoms with Crippen molar-refractivity contribution in [1.29, 1.82) is 0 Å². The van der Waals surface area contributed by atoms with E-state index in [1.54, 1.807) is 16.7 Å². The van der Waals surface area contributed by atoms with Crippen LogP contribution >= 0.6 is 0 Å². The number of furan rings is 1. The zero-order chi connectivity index (χ0) is 16.8. The number of nitrogens with zero attached hydrogens (tertiary/aromatic N) is 2. The third-order valence-corrected chi connectivity index (χ3v) is 4.31. The molecule has 0 bridgehead atoms. The maximum Gasteiger partial charge on any atom is 0.216 e. The van der Waals surface area contributed by atoms with Gasteiger partial charge in [-0.3, -0.25) is 0 Å². The molecule has 2 aromatic carbocycles. The third-order valence-electron chi connectivity index (χ3n) is 4.31. The fourth-order valence-corrected chi connectivity index (χ4v) is 3.15. The standard InChI is InChI=1S/C20H14FN2O/c1-12-4-7-15-16-10-14(22-2)6-9-18(16)24-20(15)19(12)17-8-5-13(21)11-23(17)3/h4-11H,1,3H3/q+1. The van der Waals surface area contributed by atoms with Crippen LogP contribution in [0.15, 0.2) is 53.1 Å². The normalized spacial score (nSPS) is 11.1. The van der Waals surface area contributed by atoms with Crippen molar-refractivity contribution in [2.24, 2.45) is 7.05 Å². The molecule has 0 unspecified atom stereocenters. The SMILES string of the molecule is [C-]#[N+]c1ccc2oc3c(-c4ccc(F)c[n+]4C)c(C)ccc3c2c1. The Morgan fingerprint density at radius 1 is 1.08 bits per heavy atom. The maximum absolute atomic E-state index is 13.5. The van der Waals surface area contributed by atoms with E-state index in [1.165, 1.54) is 12.3 Å². The second-order valence-corrected chi connectivity index (χ2v) is 5.87. The Bertz CT molecular complexity index is 1150. The number of hydrogen-bond acceptors (Lipinski definition) is 1. The number of hydrogen-bond donors (Lipinski definition) is 0. The molecule has 0 aliphatic rings. The van der Waals surface area contributed by atoms with Gasteiger partial charge in [0.1, 0.15) is 18.2 Å². The lowest BCUT2D eigenvalue weighted by atomic mass is 10.0. The van der Waals surface area contributed by atoms with E-state index in [0.29, 0.717) is 5.69 Å². The molecule has 2 heterocycles. The van der Waals surface area contributed by atoms with Gasteiger partial charge in [0.25, 0.3) is 0 Å². The van der Waals surface area contributed by atoms with E-state index < -0.39 is 0 Å². The molecule has 0 spiro atoms. The number of pyridine rings is 1. The molecule has 0 N–H and O–H groups in total. The summed E-state index contributed by atoms with van der Waals surface area (Å²) in [5, 5.41) is 1.88. The van der Waals surface area contributed by atoms with E-state index >= 15 is 0 Å². The average Bonchev–Trinajstić information content (AvgIpc) is 2.93. The number of benzene rings is 2. The summed E-state index contributed by atoms with van der Waals surface area (Å²) < 4.78 is 21.3. The summed E-state index contributed by atoms with van der Waals surface area (Å²) in [6.45, 7) is 9.20. The molecule has 24 heavy (non-hydrogen) atoms. The van der Waals surface area contributed by atoms with Crippen LogP contribution in [0.4, 0.5) is 10.1 Å². The van der Waals surface area contributed by atoms with Crippen molar-refractivity contribution in [3.8, 4) is 11.3 Å². The highest BCUT2D eigenvalue weighted by Gasteiger charge is 2.20. The highest BCUT2D eigenvalue weighted by molar-refractivity contribution is 6.10. The molecule has 4 aromatic rings. The van der Waals surface area contributed by atoms with Gasteiger partial charge in [-0.2, -0.15) is 4.57 Å². The monoisotopic (exact) mass is 317 g/mol. The Hall–Kier alpha value is -3.19. The van der Waals surface area contributed by atoms with Crippen molar-refractivity contribution in [3.63, 3.8) is 0 Å². The fraction of sp³-hybridized carbons (Fsp3) is 0.100. The molecule has 0 saturated carbocycles. The van der Waals surface area contributed by atoms with E-state index in [9.17, 15) is 4.39 Å². The van der Waals surface area contributed by atoms with Crippen LogP contribution in [0.25, 0.3) is 38.0 Å². The minimum Gasteiger partial charge on any atom is -0.455 e. The Labute approximate surface area is 138 Å².